The van der Waals surface area contributed by atoms with Crippen molar-refractivity contribution in [2.45, 2.75) is 46.5 Å². The molecule has 1 aromatic heterocycles. The molecule has 0 radical (unpaired) electrons. The molecule has 118 valence electrons. The quantitative estimate of drug-likeness (QED) is 0.663. The van der Waals surface area contributed by atoms with Gasteiger partial charge in [-0.2, -0.15) is 4.98 Å². The Morgan fingerprint density at radius 3 is 2.76 bits per heavy atom. The average molecular weight is 293 g/mol. The SMILES string of the molecule is CCNC(=NCCc1noc(CC)n1)N1CCC(C)CC1. The number of nitrogens with one attached hydrogen (secondary N) is 1. The molecular formula is C15H27N5O. The first-order valence-corrected chi connectivity index (χ1v) is 8.07. The normalized spacial score (nSPS) is 17.3. The van der Waals surface area contributed by atoms with E-state index in [0.29, 0.717) is 12.4 Å². The number of aliphatic imine (C=N–C) groups is 1. The molecule has 6 heteroatoms. The van der Waals surface area contributed by atoms with Crippen molar-refractivity contribution in [2.24, 2.45) is 10.9 Å². The van der Waals surface area contributed by atoms with Gasteiger partial charge in [-0.3, -0.25) is 4.99 Å². The Kier molecular flexibility index (Phi) is 6.02. The van der Waals surface area contributed by atoms with Gasteiger partial charge in [-0.1, -0.05) is 19.0 Å². The van der Waals surface area contributed by atoms with Crippen molar-refractivity contribution in [1.29, 1.82) is 0 Å². The van der Waals surface area contributed by atoms with E-state index in [2.05, 4.69) is 34.2 Å². The lowest BCUT2D eigenvalue weighted by Crippen LogP contribution is -2.45. The van der Waals surface area contributed by atoms with Gasteiger partial charge in [0.05, 0.1) is 0 Å². The number of guanidine groups is 1. The van der Waals surface area contributed by atoms with Crippen molar-refractivity contribution in [3.05, 3.63) is 11.7 Å². The highest BCUT2D eigenvalue weighted by atomic mass is 16.5. The van der Waals surface area contributed by atoms with E-state index in [1.165, 1.54) is 12.8 Å². The summed E-state index contributed by atoms with van der Waals surface area (Å²) in [5.74, 6) is 3.30. The van der Waals surface area contributed by atoms with Gasteiger partial charge in [-0.15, -0.1) is 0 Å². The van der Waals surface area contributed by atoms with E-state index in [0.717, 1.165) is 50.2 Å². The molecule has 0 aromatic carbocycles. The zero-order valence-electron chi connectivity index (χ0n) is 13.4. The van der Waals surface area contributed by atoms with Crippen LogP contribution in [0.4, 0.5) is 0 Å². The number of nitrogens with zero attached hydrogens (tertiary/aromatic N) is 4. The predicted octanol–water partition coefficient (Wildman–Crippen LogP) is 1.87. The summed E-state index contributed by atoms with van der Waals surface area (Å²) < 4.78 is 5.11. The molecule has 1 aliphatic heterocycles. The number of aryl methyl sites for hydroxylation is 1. The Labute approximate surface area is 127 Å². The lowest BCUT2D eigenvalue weighted by Gasteiger charge is -2.32. The summed E-state index contributed by atoms with van der Waals surface area (Å²) in [7, 11) is 0. The maximum atomic E-state index is 5.11. The second-order valence-corrected chi connectivity index (χ2v) is 5.61. The highest BCUT2D eigenvalue weighted by Crippen LogP contribution is 2.15. The van der Waals surface area contributed by atoms with E-state index in [4.69, 9.17) is 9.52 Å². The van der Waals surface area contributed by atoms with E-state index < -0.39 is 0 Å². The second kappa shape index (κ2) is 8.00. The molecule has 0 aliphatic carbocycles. The van der Waals surface area contributed by atoms with Crippen LogP contribution in [-0.4, -0.2) is 47.2 Å². The third-order valence-corrected chi connectivity index (χ3v) is 3.83. The van der Waals surface area contributed by atoms with Crippen molar-refractivity contribution in [3.8, 4) is 0 Å². The lowest BCUT2D eigenvalue weighted by molar-refractivity contribution is 0.273. The van der Waals surface area contributed by atoms with Gasteiger partial charge in [0.2, 0.25) is 5.89 Å². The Morgan fingerprint density at radius 2 is 2.14 bits per heavy atom. The Hall–Kier alpha value is -1.59. The van der Waals surface area contributed by atoms with Crippen molar-refractivity contribution in [1.82, 2.24) is 20.4 Å². The molecule has 1 fully saturated rings. The molecule has 6 nitrogen and oxygen atoms in total. The zero-order chi connectivity index (χ0) is 15.1. The van der Waals surface area contributed by atoms with Crippen molar-refractivity contribution in [2.75, 3.05) is 26.2 Å². The molecule has 1 N–H and O–H groups in total. The fraction of sp³-hybridized carbons (Fsp3) is 0.800. The molecule has 2 heterocycles. The van der Waals surface area contributed by atoms with Crippen LogP contribution in [0.5, 0.6) is 0 Å². The highest BCUT2D eigenvalue weighted by molar-refractivity contribution is 5.80. The molecule has 0 saturated carbocycles. The van der Waals surface area contributed by atoms with Crippen LogP contribution in [0.1, 0.15) is 45.3 Å². The van der Waals surface area contributed by atoms with E-state index in [9.17, 15) is 0 Å². The third kappa shape index (κ3) is 4.72. The van der Waals surface area contributed by atoms with Crippen molar-refractivity contribution < 1.29 is 4.52 Å². The molecule has 0 amide bonds. The van der Waals surface area contributed by atoms with Crippen molar-refractivity contribution >= 4 is 5.96 Å². The fourth-order valence-electron chi connectivity index (χ4n) is 2.44. The summed E-state index contributed by atoms with van der Waals surface area (Å²) in [5, 5.41) is 7.34. The minimum atomic E-state index is 0.692. The molecule has 1 aliphatic rings. The average Bonchev–Trinajstić information content (AvgIpc) is 2.95. The molecule has 1 saturated heterocycles. The van der Waals surface area contributed by atoms with Crippen LogP contribution in [0.25, 0.3) is 0 Å². The first-order valence-electron chi connectivity index (χ1n) is 8.07. The Morgan fingerprint density at radius 1 is 1.38 bits per heavy atom. The highest BCUT2D eigenvalue weighted by Gasteiger charge is 2.18. The summed E-state index contributed by atoms with van der Waals surface area (Å²) in [4.78, 5) is 11.4. The molecular weight excluding hydrogens is 266 g/mol. The first kappa shape index (κ1) is 15.8. The number of hydrogen-bond acceptors (Lipinski definition) is 4. The van der Waals surface area contributed by atoms with E-state index in [1.807, 2.05) is 6.92 Å². The summed E-state index contributed by atoms with van der Waals surface area (Å²) in [6.07, 6.45) is 4.00. The van der Waals surface area contributed by atoms with Crippen LogP contribution >= 0.6 is 0 Å². The van der Waals surface area contributed by atoms with Crippen molar-refractivity contribution in [3.63, 3.8) is 0 Å². The van der Waals surface area contributed by atoms with Crippen LogP contribution in [0, 0.1) is 5.92 Å². The van der Waals surface area contributed by atoms with Gasteiger partial charge in [0.15, 0.2) is 11.8 Å². The number of piperidine rings is 1. The maximum absolute atomic E-state index is 5.11. The topological polar surface area (TPSA) is 66.5 Å². The summed E-state index contributed by atoms with van der Waals surface area (Å²) in [5.41, 5.74) is 0. The molecule has 0 bridgehead atoms. The number of rotatable bonds is 5. The minimum absolute atomic E-state index is 0.692. The summed E-state index contributed by atoms with van der Waals surface area (Å²) in [6.45, 7) is 10.2. The van der Waals surface area contributed by atoms with Crippen LogP contribution in [0.3, 0.4) is 0 Å². The maximum Gasteiger partial charge on any atom is 0.226 e. The largest absolute Gasteiger partial charge is 0.357 e. The molecule has 0 spiro atoms. The standard InChI is InChI=1S/C15H27N5O/c1-4-14-18-13(19-21-14)6-9-17-15(16-5-2)20-10-7-12(3)8-11-20/h12H,4-11H2,1-3H3,(H,16,17). The van der Waals surface area contributed by atoms with Gasteiger partial charge in [-0.25, -0.2) is 0 Å². The van der Waals surface area contributed by atoms with Gasteiger partial charge in [0.25, 0.3) is 0 Å². The number of hydrogen-bond donors (Lipinski definition) is 1. The minimum Gasteiger partial charge on any atom is -0.357 e. The van der Waals surface area contributed by atoms with E-state index in [1.54, 1.807) is 0 Å². The number of likely N-dealkylation sites (tertiary alicyclic amines) is 1. The smallest absolute Gasteiger partial charge is 0.226 e. The van der Waals surface area contributed by atoms with E-state index in [-0.39, 0.29) is 0 Å². The van der Waals surface area contributed by atoms with Gasteiger partial charge in [0.1, 0.15) is 0 Å². The molecule has 2 rings (SSSR count). The van der Waals surface area contributed by atoms with Crippen LogP contribution in [-0.2, 0) is 12.8 Å². The van der Waals surface area contributed by atoms with Crippen LogP contribution in [0.2, 0.25) is 0 Å². The van der Waals surface area contributed by atoms with Crippen LogP contribution in [0.15, 0.2) is 9.52 Å². The van der Waals surface area contributed by atoms with Gasteiger partial charge in [0, 0.05) is 39.0 Å². The number of aromatic nitrogens is 2. The molecule has 0 unspecified atom stereocenters. The Bertz CT molecular complexity index is 449. The Balaban J connectivity index is 1.88. The monoisotopic (exact) mass is 293 g/mol. The summed E-state index contributed by atoms with van der Waals surface area (Å²) >= 11 is 0. The molecule has 21 heavy (non-hydrogen) atoms. The second-order valence-electron chi connectivity index (χ2n) is 5.61. The first-order chi connectivity index (χ1) is 10.2. The van der Waals surface area contributed by atoms with E-state index >= 15 is 0 Å². The van der Waals surface area contributed by atoms with Gasteiger partial charge >= 0.3 is 0 Å². The zero-order valence-corrected chi connectivity index (χ0v) is 13.4. The fourth-order valence-corrected chi connectivity index (χ4v) is 2.44. The van der Waals surface area contributed by atoms with Gasteiger partial charge < -0.3 is 14.7 Å². The van der Waals surface area contributed by atoms with Gasteiger partial charge in [-0.05, 0) is 25.7 Å². The van der Waals surface area contributed by atoms with Crippen LogP contribution < -0.4 is 5.32 Å². The summed E-state index contributed by atoms with van der Waals surface area (Å²) in [6, 6.07) is 0. The third-order valence-electron chi connectivity index (χ3n) is 3.83. The molecule has 1 aromatic rings. The molecule has 0 atom stereocenters. The predicted molar refractivity (Wildman–Crippen MR) is 83.3 cm³/mol. The lowest BCUT2D eigenvalue weighted by atomic mass is 10.00.